The van der Waals surface area contributed by atoms with Crippen LogP contribution in [-0.4, -0.2) is 20.9 Å². The summed E-state index contributed by atoms with van der Waals surface area (Å²) in [7, 11) is 0. The van der Waals surface area contributed by atoms with Crippen molar-refractivity contribution in [2.45, 2.75) is 13.8 Å². The van der Waals surface area contributed by atoms with E-state index >= 15 is 0 Å². The van der Waals surface area contributed by atoms with E-state index in [2.05, 4.69) is 21.0 Å². The average Bonchev–Trinajstić information content (AvgIpc) is 2.64. The highest BCUT2D eigenvalue weighted by atomic mass is 79.9. The molecule has 0 aliphatic rings. The molecule has 17 heavy (non-hydrogen) atoms. The van der Waals surface area contributed by atoms with Crippen LogP contribution >= 0.6 is 15.9 Å². The second-order valence-electron chi connectivity index (χ2n) is 3.84. The molecule has 1 aromatic carbocycles. The Morgan fingerprint density at radius 3 is 2.65 bits per heavy atom. The number of aromatic carboxylic acids is 1. The minimum absolute atomic E-state index is 0.0518. The highest BCUT2D eigenvalue weighted by Crippen LogP contribution is 2.23. The van der Waals surface area contributed by atoms with Gasteiger partial charge in [-0.2, -0.15) is 5.10 Å². The Morgan fingerprint density at radius 1 is 1.35 bits per heavy atom. The standard InChI is InChI=1S/C12H11BrN2O2/c1-7-3-4-9(13)11(5-7)15-8(2)6-10(14-15)12(16)17/h3-6H,1-2H3,(H,16,17). The van der Waals surface area contributed by atoms with E-state index < -0.39 is 5.97 Å². The molecule has 0 aliphatic carbocycles. The first-order chi connectivity index (χ1) is 7.99. The molecule has 5 heteroatoms. The van der Waals surface area contributed by atoms with Gasteiger partial charge in [0.05, 0.1) is 5.69 Å². The molecule has 0 amide bonds. The Labute approximate surface area is 107 Å². The van der Waals surface area contributed by atoms with Crippen LogP contribution in [0.15, 0.2) is 28.7 Å². The largest absolute Gasteiger partial charge is 0.476 e. The summed E-state index contributed by atoms with van der Waals surface area (Å²) in [4.78, 5) is 10.9. The van der Waals surface area contributed by atoms with Crippen LogP contribution in [0.1, 0.15) is 21.7 Å². The molecule has 0 unspecified atom stereocenters. The number of carbonyl (C=O) groups is 1. The van der Waals surface area contributed by atoms with Gasteiger partial charge in [0.25, 0.3) is 0 Å². The molecule has 1 aromatic heterocycles. The van der Waals surface area contributed by atoms with Gasteiger partial charge in [0, 0.05) is 10.2 Å². The fourth-order valence-electron chi connectivity index (χ4n) is 1.61. The number of nitrogens with zero attached hydrogens (tertiary/aromatic N) is 2. The molecule has 0 saturated carbocycles. The molecule has 0 saturated heterocycles. The maximum atomic E-state index is 10.9. The Morgan fingerprint density at radius 2 is 2.06 bits per heavy atom. The van der Waals surface area contributed by atoms with Crippen LogP contribution in [0.3, 0.4) is 0 Å². The van der Waals surface area contributed by atoms with E-state index in [0.717, 1.165) is 21.4 Å². The van der Waals surface area contributed by atoms with Gasteiger partial charge in [-0.25, -0.2) is 9.48 Å². The molecule has 2 rings (SSSR count). The number of hydrogen-bond acceptors (Lipinski definition) is 2. The zero-order chi connectivity index (χ0) is 12.6. The summed E-state index contributed by atoms with van der Waals surface area (Å²) >= 11 is 3.44. The number of rotatable bonds is 2. The number of carboxylic acids is 1. The van der Waals surface area contributed by atoms with Gasteiger partial charge in [-0.3, -0.25) is 0 Å². The molecule has 4 nitrogen and oxygen atoms in total. The van der Waals surface area contributed by atoms with Crippen molar-refractivity contribution in [2.24, 2.45) is 0 Å². The van der Waals surface area contributed by atoms with E-state index in [4.69, 9.17) is 5.11 Å². The highest BCUT2D eigenvalue weighted by molar-refractivity contribution is 9.10. The molecule has 0 aliphatic heterocycles. The lowest BCUT2D eigenvalue weighted by atomic mass is 10.2. The molecule has 1 heterocycles. The third kappa shape index (κ3) is 2.24. The molecule has 0 spiro atoms. The molecule has 2 aromatic rings. The number of halogens is 1. The normalized spacial score (nSPS) is 10.5. The third-order valence-corrected chi connectivity index (χ3v) is 3.11. The van der Waals surface area contributed by atoms with Gasteiger partial charge in [0.2, 0.25) is 0 Å². The number of benzene rings is 1. The first-order valence-corrected chi connectivity index (χ1v) is 5.85. The van der Waals surface area contributed by atoms with E-state index in [1.807, 2.05) is 32.0 Å². The molecule has 0 radical (unpaired) electrons. The van der Waals surface area contributed by atoms with Crippen molar-refractivity contribution >= 4 is 21.9 Å². The van der Waals surface area contributed by atoms with Gasteiger partial charge in [-0.05, 0) is 53.5 Å². The van der Waals surface area contributed by atoms with Crippen molar-refractivity contribution < 1.29 is 9.90 Å². The SMILES string of the molecule is Cc1ccc(Br)c(-n2nc(C(=O)O)cc2C)c1. The summed E-state index contributed by atoms with van der Waals surface area (Å²) in [5.41, 5.74) is 2.77. The number of hydrogen-bond donors (Lipinski definition) is 1. The first kappa shape index (κ1) is 11.9. The zero-order valence-electron chi connectivity index (χ0n) is 9.44. The van der Waals surface area contributed by atoms with E-state index in [0.29, 0.717) is 0 Å². The van der Waals surface area contributed by atoms with Crippen molar-refractivity contribution in [3.05, 3.63) is 45.7 Å². The Hall–Kier alpha value is -1.62. The van der Waals surface area contributed by atoms with Gasteiger partial charge >= 0.3 is 5.97 Å². The molecule has 88 valence electrons. The van der Waals surface area contributed by atoms with Crippen LogP contribution in [0, 0.1) is 13.8 Å². The van der Waals surface area contributed by atoms with Crippen molar-refractivity contribution in [1.82, 2.24) is 9.78 Å². The monoisotopic (exact) mass is 294 g/mol. The minimum Gasteiger partial charge on any atom is -0.476 e. The Kier molecular flexibility index (Phi) is 3.02. The predicted molar refractivity (Wildman–Crippen MR) is 67.7 cm³/mol. The van der Waals surface area contributed by atoms with Crippen LogP contribution in [-0.2, 0) is 0 Å². The Balaban J connectivity index is 2.60. The molecule has 0 fully saturated rings. The summed E-state index contributed by atoms with van der Waals surface area (Å²) in [5, 5.41) is 13.0. The summed E-state index contributed by atoms with van der Waals surface area (Å²) in [6.45, 7) is 3.81. The minimum atomic E-state index is -1.02. The summed E-state index contributed by atoms with van der Waals surface area (Å²) in [6.07, 6.45) is 0. The van der Waals surface area contributed by atoms with Crippen LogP contribution in [0.5, 0.6) is 0 Å². The smallest absolute Gasteiger partial charge is 0.356 e. The maximum absolute atomic E-state index is 10.9. The summed E-state index contributed by atoms with van der Waals surface area (Å²) < 4.78 is 2.51. The van der Waals surface area contributed by atoms with Gasteiger partial charge in [-0.1, -0.05) is 6.07 Å². The van der Waals surface area contributed by atoms with Gasteiger partial charge in [0.15, 0.2) is 5.69 Å². The van der Waals surface area contributed by atoms with Crippen molar-refractivity contribution in [1.29, 1.82) is 0 Å². The number of aromatic nitrogens is 2. The van der Waals surface area contributed by atoms with Crippen LogP contribution < -0.4 is 0 Å². The highest BCUT2D eigenvalue weighted by Gasteiger charge is 2.13. The fourth-order valence-corrected chi connectivity index (χ4v) is 2.02. The summed E-state index contributed by atoms with van der Waals surface area (Å²) in [5.74, 6) is -1.02. The second-order valence-corrected chi connectivity index (χ2v) is 4.70. The number of aryl methyl sites for hydroxylation is 2. The van der Waals surface area contributed by atoms with Gasteiger partial charge in [-0.15, -0.1) is 0 Å². The van der Waals surface area contributed by atoms with E-state index in [-0.39, 0.29) is 5.69 Å². The molecular formula is C12H11BrN2O2. The van der Waals surface area contributed by atoms with Crippen LogP contribution in [0.2, 0.25) is 0 Å². The van der Waals surface area contributed by atoms with Crippen LogP contribution in [0.4, 0.5) is 0 Å². The average molecular weight is 295 g/mol. The molecule has 0 atom stereocenters. The van der Waals surface area contributed by atoms with Crippen molar-refractivity contribution in [3.63, 3.8) is 0 Å². The second kappa shape index (κ2) is 4.33. The van der Waals surface area contributed by atoms with Gasteiger partial charge < -0.3 is 5.11 Å². The zero-order valence-corrected chi connectivity index (χ0v) is 11.0. The first-order valence-electron chi connectivity index (χ1n) is 5.05. The van der Waals surface area contributed by atoms with Gasteiger partial charge in [0.1, 0.15) is 0 Å². The lowest BCUT2D eigenvalue weighted by molar-refractivity contribution is 0.0690. The maximum Gasteiger partial charge on any atom is 0.356 e. The molecular weight excluding hydrogens is 284 g/mol. The van der Waals surface area contributed by atoms with E-state index in [1.165, 1.54) is 0 Å². The third-order valence-electron chi connectivity index (χ3n) is 2.44. The predicted octanol–water partition coefficient (Wildman–Crippen LogP) is 2.95. The topological polar surface area (TPSA) is 55.1 Å². The molecule has 0 bridgehead atoms. The van der Waals surface area contributed by atoms with E-state index in [1.54, 1.807) is 10.7 Å². The lowest BCUT2D eigenvalue weighted by Gasteiger charge is -2.07. The van der Waals surface area contributed by atoms with E-state index in [9.17, 15) is 4.79 Å². The van der Waals surface area contributed by atoms with Crippen LogP contribution in [0.25, 0.3) is 5.69 Å². The quantitative estimate of drug-likeness (QED) is 0.926. The van der Waals surface area contributed by atoms with Crippen molar-refractivity contribution in [2.75, 3.05) is 0 Å². The number of carboxylic acid groups (broad SMARTS) is 1. The van der Waals surface area contributed by atoms with Crippen molar-refractivity contribution in [3.8, 4) is 5.69 Å². The lowest BCUT2D eigenvalue weighted by Crippen LogP contribution is -2.03. The molecule has 1 N–H and O–H groups in total. The fraction of sp³-hybridized carbons (Fsp3) is 0.167. The summed E-state index contributed by atoms with van der Waals surface area (Å²) in [6, 6.07) is 7.41. The Bertz CT molecular complexity index is 590.